The first-order valence-corrected chi connectivity index (χ1v) is 9.07. The van der Waals surface area contributed by atoms with Crippen LogP contribution in [-0.4, -0.2) is 27.5 Å². The molecule has 0 aliphatic rings. The smallest absolute Gasteiger partial charge is 0.335 e. The van der Waals surface area contributed by atoms with E-state index < -0.39 is 17.1 Å². The highest BCUT2D eigenvalue weighted by Crippen LogP contribution is 2.21. The van der Waals surface area contributed by atoms with E-state index in [1.54, 1.807) is 31.2 Å². The van der Waals surface area contributed by atoms with Crippen LogP contribution in [0.1, 0.15) is 24.5 Å². The molecular formula is C21H22N4O4. The number of aromatic hydroxyl groups is 1. The summed E-state index contributed by atoms with van der Waals surface area (Å²) in [5, 5.41) is 15.1. The average molecular weight is 394 g/mol. The third-order valence-corrected chi connectivity index (χ3v) is 4.50. The number of anilines is 1. The fourth-order valence-corrected chi connectivity index (χ4v) is 2.89. The first-order chi connectivity index (χ1) is 14.0. The van der Waals surface area contributed by atoms with Crippen molar-refractivity contribution in [3.05, 3.63) is 80.5 Å². The van der Waals surface area contributed by atoms with Crippen LogP contribution in [0.3, 0.4) is 0 Å². The quantitative estimate of drug-likeness (QED) is 0.440. The van der Waals surface area contributed by atoms with E-state index in [1.807, 2.05) is 31.2 Å². The summed E-state index contributed by atoms with van der Waals surface area (Å²) in [6.07, 6.45) is 0.357. The molecule has 0 atom stereocenters. The molecule has 0 aliphatic heterocycles. The Morgan fingerprint density at radius 3 is 2.48 bits per heavy atom. The number of methoxy groups -OCH3 is 1. The zero-order valence-corrected chi connectivity index (χ0v) is 16.4. The summed E-state index contributed by atoms with van der Waals surface area (Å²) in [6, 6.07) is 14.1. The maximum atomic E-state index is 12.5. The molecule has 0 unspecified atom stereocenters. The SMILES string of the molecule is CCC(=NNc1ccccc1C)c1c(O)n(-c2ccc(OC)cc2)c(=O)[nH]c1=O. The van der Waals surface area contributed by atoms with E-state index >= 15 is 0 Å². The fourth-order valence-electron chi connectivity index (χ4n) is 2.89. The molecule has 0 amide bonds. The molecular weight excluding hydrogens is 372 g/mol. The average Bonchev–Trinajstić information content (AvgIpc) is 2.71. The van der Waals surface area contributed by atoms with E-state index in [2.05, 4.69) is 15.5 Å². The van der Waals surface area contributed by atoms with Gasteiger partial charge in [-0.05, 0) is 49.2 Å². The van der Waals surface area contributed by atoms with Gasteiger partial charge in [0.05, 0.1) is 24.2 Å². The minimum Gasteiger partial charge on any atom is -0.497 e. The Labute approximate surface area is 167 Å². The van der Waals surface area contributed by atoms with Crippen LogP contribution in [0.4, 0.5) is 5.69 Å². The molecule has 3 N–H and O–H groups in total. The lowest BCUT2D eigenvalue weighted by Gasteiger charge is -2.13. The van der Waals surface area contributed by atoms with Crippen molar-refractivity contribution in [3.63, 3.8) is 0 Å². The molecule has 0 saturated carbocycles. The van der Waals surface area contributed by atoms with Crippen molar-refractivity contribution < 1.29 is 9.84 Å². The van der Waals surface area contributed by atoms with Gasteiger partial charge in [0.25, 0.3) is 5.56 Å². The number of hydrogen-bond acceptors (Lipinski definition) is 6. The number of hydrogen-bond donors (Lipinski definition) is 3. The van der Waals surface area contributed by atoms with Crippen molar-refractivity contribution in [1.82, 2.24) is 9.55 Å². The van der Waals surface area contributed by atoms with Gasteiger partial charge in [0.15, 0.2) is 0 Å². The second-order valence-corrected chi connectivity index (χ2v) is 6.33. The predicted molar refractivity (Wildman–Crippen MR) is 113 cm³/mol. The van der Waals surface area contributed by atoms with Gasteiger partial charge < -0.3 is 9.84 Å². The number of aromatic nitrogens is 2. The minimum absolute atomic E-state index is 0.0657. The summed E-state index contributed by atoms with van der Waals surface area (Å²) < 4.78 is 6.14. The van der Waals surface area contributed by atoms with Gasteiger partial charge in [-0.1, -0.05) is 25.1 Å². The standard InChI is InChI=1S/C21H22N4O4/c1-4-16(23-24-17-8-6-5-7-13(17)2)18-19(26)22-21(28)25(20(18)27)14-9-11-15(29-3)12-10-14/h5-12,24,27H,4H2,1-3H3,(H,22,26,28). The number of hydrazone groups is 1. The number of nitrogens with one attached hydrogen (secondary N) is 2. The zero-order valence-electron chi connectivity index (χ0n) is 16.4. The summed E-state index contributed by atoms with van der Waals surface area (Å²) in [4.78, 5) is 27.1. The van der Waals surface area contributed by atoms with Crippen molar-refractivity contribution >= 4 is 11.4 Å². The van der Waals surface area contributed by atoms with E-state index in [-0.39, 0.29) is 5.56 Å². The molecule has 8 nitrogen and oxygen atoms in total. The molecule has 3 aromatic rings. The van der Waals surface area contributed by atoms with E-state index in [0.29, 0.717) is 23.6 Å². The summed E-state index contributed by atoms with van der Waals surface area (Å²) in [7, 11) is 1.53. The number of rotatable bonds is 6. The number of benzene rings is 2. The lowest BCUT2D eigenvalue weighted by molar-refractivity contribution is 0.414. The molecule has 0 bridgehead atoms. The number of aromatic amines is 1. The van der Waals surface area contributed by atoms with Gasteiger partial charge in [-0.15, -0.1) is 0 Å². The largest absolute Gasteiger partial charge is 0.497 e. The van der Waals surface area contributed by atoms with Crippen LogP contribution in [0, 0.1) is 6.92 Å². The highest BCUT2D eigenvalue weighted by atomic mass is 16.5. The van der Waals surface area contributed by atoms with Gasteiger partial charge in [-0.25, -0.2) is 9.36 Å². The summed E-state index contributed by atoms with van der Waals surface area (Å²) in [5.41, 5.74) is 3.86. The van der Waals surface area contributed by atoms with Gasteiger partial charge >= 0.3 is 5.69 Å². The van der Waals surface area contributed by atoms with Crippen molar-refractivity contribution in [1.29, 1.82) is 0 Å². The number of H-pyrrole nitrogens is 1. The van der Waals surface area contributed by atoms with E-state index in [9.17, 15) is 14.7 Å². The predicted octanol–water partition coefficient (Wildman–Crippen LogP) is 2.77. The monoisotopic (exact) mass is 394 g/mol. The highest BCUT2D eigenvalue weighted by Gasteiger charge is 2.19. The molecule has 2 aromatic carbocycles. The molecule has 150 valence electrons. The van der Waals surface area contributed by atoms with Crippen LogP contribution in [-0.2, 0) is 0 Å². The van der Waals surface area contributed by atoms with Crippen molar-refractivity contribution in [2.24, 2.45) is 5.10 Å². The van der Waals surface area contributed by atoms with Gasteiger partial charge in [-0.2, -0.15) is 5.10 Å². The maximum absolute atomic E-state index is 12.5. The number of nitrogens with zero attached hydrogens (tertiary/aromatic N) is 2. The van der Waals surface area contributed by atoms with Gasteiger partial charge in [0.1, 0.15) is 11.3 Å². The van der Waals surface area contributed by atoms with E-state index in [4.69, 9.17) is 4.74 Å². The summed E-state index contributed by atoms with van der Waals surface area (Å²) in [5.74, 6) is 0.125. The Balaban J connectivity index is 2.10. The lowest BCUT2D eigenvalue weighted by atomic mass is 10.1. The number of para-hydroxylation sites is 1. The third-order valence-electron chi connectivity index (χ3n) is 4.50. The maximum Gasteiger partial charge on any atom is 0.335 e. The first kappa shape index (κ1) is 19.9. The summed E-state index contributed by atoms with van der Waals surface area (Å²) >= 11 is 0. The Morgan fingerprint density at radius 2 is 1.86 bits per heavy atom. The normalized spacial score (nSPS) is 11.3. The zero-order chi connectivity index (χ0) is 21.0. The molecule has 0 saturated heterocycles. The Bertz CT molecular complexity index is 1160. The molecule has 8 heteroatoms. The van der Waals surface area contributed by atoms with Crippen LogP contribution in [0.2, 0.25) is 0 Å². The van der Waals surface area contributed by atoms with Crippen molar-refractivity contribution in [3.8, 4) is 17.3 Å². The lowest BCUT2D eigenvalue weighted by Crippen LogP contribution is -2.33. The first-order valence-electron chi connectivity index (χ1n) is 9.07. The van der Waals surface area contributed by atoms with Crippen molar-refractivity contribution in [2.45, 2.75) is 20.3 Å². The Hall–Kier alpha value is -3.81. The molecule has 0 aliphatic carbocycles. The Kier molecular flexibility index (Phi) is 5.82. The second-order valence-electron chi connectivity index (χ2n) is 6.33. The summed E-state index contributed by atoms with van der Waals surface area (Å²) in [6.45, 7) is 3.73. The molecule has 0 fully saturated rings. The van der Waals surface area contributed by atoms with Gasteiger partial charge in [-0.3, -0.25) is 15.2 Å². The van der Waals surface area contributed by atoms with Gasteiger partial charge in [0.2, 0.25) is 5.88 Å². The minimum atomic E-state index is -0.747. The fraction of sp³-hybridized carbons (Fsp3) is 0.190. The highest BCUT2D eigenvalue weighted by molar-refractivity contribution is 6.02. The Morgan fingerprint density at radius 1 is 1.17 bits per heavy atom. The molecule has 29 heavy (non-hydrogen) atoms. The molecule has 0 radical (unpaired) electrons. The van der Waals surface area contributed by atoms with Crippen molar-refractivity contribution in [2.75, 3.05) is 12.5 Å². The van der Waals surface area contributed by atoms with Crippen LogP contribution in [0.5, 0.6) is 11.6 Å². The molecule has 1 aromatic heterocycles. The number of ether oxygens (including phenoxy) is 1. The second kappa shape index (κ2) is 8.47. The molecule has 0 spiro atoms. The van der Waals surface area contributed by atoms with E-state index in [0.717, 1.165) is 15.8 Å². The van der Waals surface area contributed by atoms with Crippen LogP contribution >= 0.6 is 0 Å². The molecule has 3 rings (SSSR count). The third kappa shape index (κ3) is 4.06. The van der Waals surface area contributed by atoms with Crippen LogP contribution in [0.25, 0.3) is 5.69 Å². The number of aryl methyl sites for hydroxylation is 1. The van der Waals surface area contributed by atoms with Crippen LogP contribution < -0.4 is 21.4 Å². The van der Waals surface area contributed by atoms with E-state index in [1.165, 1.54) is 7.11 Å². The molecule has 1 heterocycles. The van der Waals surface area contributed by atoms with Crippen LogP contribution in [0.15, 0.2) is 63.2 Å². The topological polar surface area (TPSA) is 109 Å². The van der Waals surface area contributed by atoms with Gasteiger partial charge in [0, 0.05) is 0 Å².